The molecule has 1 aliphatic rings. The molecule has 22 heavy (non-hydrogen) atoms. The molecule has 0 aliphatic carbocycles. The zero-order valence-electron chi connectivity index (χ0n) is 11.9. The molecular weight excluding hydrogens is 300 g/mol. The first-order valence-electron chi connectivity index (χ1n) is 6.98. The van der Waals surface area contributed by atoms with Gasteiger partial charge in [0.25, 0.3) is 5.24 Å². The average molecular weight is 316 g/mol. The van der Waals surface area contributed by atoms with E-state index in [0.29, 0.717) is 13.1 Å². The van der Waals surface area contributed by atoms with E-state index in [9.17, 15) is 9.59 Å². The minimum atomic E-state index is -0.174. The smallest absolute Gasteiger partial charge is 0.282 e. The lowest BCUT2D eigenvalue weighted by molar-refractivity contribution is -0.116. The van der Waals surface area contributed by atoms with Gasteiger partial charge in [-0.25, -0.2) is 0 Å². The monoisotopic (exact) mass is 316 g/mol. The van der Waals surface area contributed by atoms with Gasteiger partial charge in [-0.05, 0) is 23.8 Å². The molecule has 0 unspecified atom stereocenters. The molecule has 1 fully saturated rings. The van der Waals surface area contributed by atoms with E-state index in [1.807, 2.05) is 41.2 Å². The predicted molar refractivity (Wildman–Crippen MR) is 85.8 cm³/mol. The van der Waals surface area contributed by atoms with Gasteiger partial charge in [-0.2, -0.15) is 5.10 Å². The summed E-state index contributed by atoms with van der Waals surface area (Å²) in [5, 5.41) is 6.97. The lowest BCUT2D eigenvalue weighted by Crippen LogP contribution is -2.33. The molecule has 0 radical (unpaired) electrons. The van der Waals surface area contributed by atoms with Crippen LogP contribution < -0.4 is 5.32 Å². The fourth-order valence-corrected chi connectivity index (χ4v) is 3.10. The topological polar surface area (TPSA) is 67.2 Å². The zero-order valence-corrected chi connectivity index (χ0v) is 12.8. The second kappa shape index (κ2) is 6.65. The lowest BCUT2D eigenvalue weighted by atomic mass is 10.2. The summed E-state index contributed by atoms with van der Waals surface area (Å²) in [6.07, 6.45) is 3.62. The Morgan fingerprint density at radius 2 is 2.27 bits per heavy atom. The van der Waals surface area contributed by atoms with E-state index in [0.717, 1.165) is 17.0 Å². The van der Waals surface area contributed by atoms with Gasteiger partial charge in [0.05, 0.1) is 6.54 Å². The van der Waals surface area contributed by atoms with Crippen molar-refractivity contribution in [3.8, 4) is 0 Å². The molecule has 1 aromatic heterocycles. The molecular formula is C15H16N4O2S. The van der Waals surface area contributed by atoms with Gasteiger partial charge in [0, 0.05) is 30.4 Å². The first kappa shape index (κ1) is 14.6. The number of aromatic nitrogens is 2. The third kappa shape index (κ3) is 3.67. The summed E-state index contributed by atoms with van der Waals surface area (Å²) in [5.74, 6) is 0.581. The van der Waals surface area contributed by atoms with Gasteiger partial charge in [-0.3, -0.25) is 14.3 Å². The Balaban J connectivity index is 1.60. The van der Waals surface area contributed by atoms with Crippen LogP contribution in [0.3, 0.4) is 0 Å². The number of rotatable bonds is 5. The van der Waals surface area contributed by atoms with Crippen LogP contribution in [0.5, 0.6) is 0 Å². The number of nitrogens with zero attached hydrogens (tertiary/aromatic N) is 3. The zero-order chi connectivity index (χ0) is 15.4. The molecule has 0 bridgehead atoms. The van der Waals surface area contributed by atoms with Crippen LogP contribution in [0.1, 0.15) is 5.56 Å². The normalized spacial score (nSPS) is 14.4. The molecule has 0 spiro atoms. The van der Waals surface area contributed by atoms with Crippen molar-refractivity contribution in [3.63, 3.8) is 0 Å². The average Bonchev–Trinajstić information content (AvgIpc) is 3.12. The maximum absolute atomic E-state index is 12.0. The number of hydrogen-bond donors (Lipinski definition) is 1. The highest BCUT2D eigenvalue weighted by Crippen LogP contribution is 2.17. The Morgan fingerprint density at radius 3 is 3.00 bits per heavy atom. The minimum Gasteiger partial charge on any atom is -0.325 e. The van der Waals surface area contributed by atoms with Crippen LogP contribution in [0, 0.1) is 0 Å². The van der Waals surface area contributed by atoms with Gasteiger partial charge >= 0.3 is 0 Å². The van der Waals surface area contributed by atoms with Crippen molar-refractivity contribution in [2.45, 2.75) is 6.54 Å². The molecule has 1 N–H and O–H groups in total. The van der Waals surface area contributed by atoms with Crippen molar-refractivity contribution in [1.29, 1.82) is 0 Å². The Labute approximate surface area is 132 Å². The summed E-state index contributed by atoms with van der Waals surface area (Å²) in [6, 6.07) is 9.51. The molecule has 2 heterocycles. The van der Waals surface area contributed by atoms with Crippen molar-refractivity contribution in [2.75, 3.05) is 24.2 Å². The fraction of sp³-hybridized carbons (Fsp3) is 0.267. The predicted octanol–water partition coefficient (Wildman–Crippen LogP) is 2.04. The van der Waals surface area contributed by atoms with E-state index in [2.05, 4.69) is 10.4 Å². The Bertz CT molecular complexity index is 672. The lowest BCUT2D eigenvalue weighted by Gasteiger charge is -2.14. The Hall–Kier alpha value is -2.28. The third-order valence-corrected chi connectivity index (χ3v) is 4.19. The quantitative estimate of drug-likeness (QED) is 0.916. The molecule has 1 aromatic carbocycles. The van der Waals surface area contributed by atoms with Crippen LogP contribution in [0.25, 0.3) is 0 Å². The largest absolute Gasteiger partial charge is 0.325 e. The number of amides is 2. The van der Waals surface area contributed by atoms with Crippen molar-refractivity contribution >= 4 is 28.6 Å². The van der Waals surface area contributed by atoms with Crippen LogP contribution in [0.4, 0.5) is 10.5 Å². The van der Waals surface area contributed by atoms with Gasteiger partial charge < -0.3 is 10.2 Å². The second-order valence-corrected chi connectivity index (χ2v) is 6.03. The fourth-order valence-electron chi connectivity index (χ4n) is 2.27. The van der Waals surface area contributed by atoms with Crippen LogP contribution in [0.2, 0.25) is 0 Å². The molecule has 0 atom stereocenters. The summed E-state index contributed by atoms with van der Waals surface area (Å²) in [4.78, 5) is 25.1. The number of nitrogens with one attached hydrogen (secondary N) is 1. The van der Waals surface area contributed by atoms with Crippen molar-refractivity contribution in [3.05, 3.63) is 48.3 Å². The van der Waals surface area contributed by atoms with E-state index >= 15 is 0 Å². The van der Waals surface area contributed by atoms with E-state index in [1.54, 1.807) is 11.1 Å². The Kier molecular flexibility index (Phi) is 4.43. The van der Waals surface area contributed by atoms with E-state index in [-0.39, 0.29) is 17.7 Å². The maximum atomic E-state index is 12.0. The van der Waals surface area contributed by atoms with Gasteiger partial charge in [0.15, 0.2) is 0 Å². The van der Waals surface area contributed by atoms with Gasteiger partial charge in [0.2, 0.25) is 5.91 Å². The van der Waals surface area contributed by atoms with Gasteiger partial charge in [0.1, 0.15) is 6.54 Å². The van der Waals surface area contributed by atoms with Crippen LogP contribution in [-0.2, 0) is 11.3 Å². The minimum absolute atomic E-state index is 0.0254. The van der Waals surface area contributed by atoms with Crippen molar-refractivity contribution < 1.29 is 9.59 Å². The first-order valence-corrected chi connectivity index (χ1v) is 7.97. The number of carbonyl (C=O) groups excluding carboxylic acids is 2. The molecule has 3 rings (SSSR count). The third-order valence-electron chi connectivity index (χ3n) is 3.29. The number of anilines is 1. The van der Waals surface area contributed by atoms with Crippen LogP contribution in [0.15, 0.2) is 42.7 Å². The number of benzene rings is 1. The van der Waals surface area contributed by atoms with Gasteiger partial charge in [-0.15, -0.1) is 0 Å². The summed E-state index contributed by atoms with van der Waals surface area (Å²) in [6.45, 7) is 1.39. The van der Waals surface area contributed by atoms with Crippen molar-refractivity contribution in [2.24, 2.45) is 0 Å². The highest BCUT2D eigenvalue weighted by atomic mass is 32.2. The second-order valence-electron chi connectivity index (χ2n) is 4.99. The Morgan fingerprint density at radius 1 is 1.36 bits per heavy atom. The van der Waals surface area contributed by atoms with E-state index in [1.165, 1.54) is 11.8 Å². The van der Waals surface area contributed by atoms with Crippen LogP contribution >= 0.6 is 11.8 Å². The standard InChI is InChI=1S/C15H16N4O2S/c20-14(11-18-7-8-22-15(18)21)17-13-4-1-3-12(9-13)10-19-6-2-5-16-19/h1-6,9H,7-8,10-11H2,(H,17,20). The molecule has 114 valence electrons. The highest BCUT2D eigenvalue weighted by molar-refractivity contribution is 8.13. The van der Waals surface area contributed by atoms with E-state index < -0.39 is 0 Å². The summed E-state index contributed by atoms with van der Waals surface area (Å²) in [5.41, 5.74) is 1.78. The maximum Gasteiger partial charge on any atom is 0.282 e. The molecule has 2 aromatic rings. The number of hydrogen-bond acceptors (Lipinski definition) is 4. The summed E-state index contributed by atoms with van der Waals surface area (Å²) < 4.78 is 1.82. The number of carbonyl (C=O) groups is 2. The first-order chi connectivity index (χ1) is 10.7. The van der Waals surface area contributed by atoms with Gasteiger partial charge in [-0.1, -0.05) is 23.9 Å². The summed E-state index contributed by atoms with van der Waals surface area (Å²) in [7, 11) is 0. The molecule has 2 amide bonds. The summed E-state index contributed by atoms with van der Waals surface area (Å²) >= 11 is 1.26. The molecule has 6 nitrogen and oxygen atoms in total. The molecule has 0 saturated carbocycles. The molecule has 7 heteroatoms. The highest BCUT2D eigenvalue weighted by Gasteiger charge is 2.23. The molecule has 1 saturated heterocycles. The SMILES string of the molecule is O=C(CN1CCSC1=O)Nc1cccc(Cn2cccn2)c1. The van der Waals surface area contributed by atoms with E-state index in [4.69, 9.17) is 0 Å². The number of thioether (sulfide) groups is 1. The molecule has 1 aliphatic heterocycles. The van der Waals surface area contributed by atoms with Crippen LogP contribution in [-0.4, -0.2) is 44.7 Å². The van der Waals surface area contributed by atoms with Crippen molar-refractivity contribution in [1.82, 2.24) is 14.7 Å².